The average molecular weight is 297 g/mol. The summed E-state index contributed by atoms with van der Waals surface area (Å²) in [5, 5.41) is 3.57. The Morgan fingerprint density at radius 2 is 1.86 bits per heavy atom. The first-order chi connectivity index (χ1) is 10.0. The van der Waals surface area contributed by atoms with Gasteiger partial charge in [0.15, 0.2) is 0 Å². The summed E-state index contributed by atoms with van der Waals surface area (Å²) >= 11 is 0. The molecule has 2 rings (SSSR count). The zero-order valence-corrected chi connectivity index (χ0v) is 15.0. The van der Waals surface area contributed by atoms with Gasteiger partial charge in [-0.1, -0.05) is 34.1 Å². The number of hydrogen-bond acceptors (Lipinski definition) is 2. The molecule has 0 aromatic carbocycles. The first-order valence-corrected chi connectivity index (χ1v) is 9.49. The van der Waals surface area contributed by atoms with Gasteiger partial charge in [-0.3, -0.25) is 0 Å². The molecule has 1 heterocycles. The second kappa shape index (κ2) is 7.97. The highest BCUT2D eigenvalue weighted by atomic mass is 15.1. The van der Waals surface area contributed by atoms with Crippen LogP contribution in [-0.4, -0.2) is 37.1 Å². The van der Waals surface area contributed by atoms with E-state index in [0.717, 1.165) is 17.3 Å². The molecule has 0 amide bonds. The van der Waals surface area contributed by atoms with Crippen LogP contribution in [0.15, 0.2) is 0 Å². The quantitative estimate of drug-likeness (QED) is 0.707. The third-order valence-corrected chi connectivity index (χ3v) is 6.10. The van der Waals surface area contributed by atoms with Crippen LogP contribution in [0.2, 0.25) is 0 Å². The molecule has 1 atom stereocenters. The number of nitrogens with one attached hydrogen (secondary N) is 1. The second-order valence-corrected chi connectivity index (χ2v) is 8.32. The predicted molar refractivity (Wildman–Crippen MR) is 94.8 cm³/mol. The molecule has 1 N–H and O–H groups in total. The lowest BCUT2D eigenvalue weighted by molar-refractivity contribution is -0.0168. The van der Waals surface area contributed by atoms with Crippen molar-refractivity contribution in [1.29, 1.82) is 0 Å². The zero-order valence-electron chi connectivity index (χ0n) is 15.0. The number of rotatable bonds is 8. The van der Waals surface area contributed by atoms with E-state index in [9.17, 15) is 0 Å². The molecule has 2 heteroatoms. The molecule has 2 nitrogen and oxygen atoms in total. The van der Waals surface area contributed by atoms with Crippen LogP contribution in [0.1, 0.15) is 74.1 Å². The molecule has 0 aromatic rings. The highest BCUT2D eigenvalue weighted by Crippen LogP contribution is 2.53. The van der Waals surface area contributed by atoms with Gasteiger partial charge in [-0.05, 0) is 82.0 Å². The Balaban J connectivity index is 0.00000242. The van der Waals surface area contributed by atoms with Gasteiger partial charge in [0.2, 0.25) is 0 Å². The molecule has 1 aliphatic carbocycles. The maximum atomic E-state index is 3.57. The Bertz CT molecular complexity index is 290. The molecular formula is C19H40N2. The Morgan fingerprint density at radius 1 is 1.19 bits per heavy atom. The molecule has 0 radical (unpaired) electrons. The van der Waals surface area contributed by atoms with E-state index in [4.69, 9.17) is 0 Å². The summed E-state index contributed by atoms with van der Waals surface area (Å²) in [5.74, 6) is 1.92. The molecule has 0 bridgehead atoms. The van der Waals surface area contributed by atoms with Crippen molar-refractivity contribution in [3.05, 3.63) is 0 Å². The summed E-state index contributed by atoms with van der Waals surface area (Å²) in [5.41, 5.74) is 0.759. The Hall–Kier alpha value is -0.0800. The molecule has 1 saturated carbocycles. The van der Waals surface area contributed by atoms with Crippen LogP contribution in [0, 0.1) is 17.3 Å². The zero-order chi connectivity index (χ0) is 15.3. The van der Waals surface area contributed by atoms with Crippen LogP contribution in [-0.2, 0) is 0 Å². The predicted octanol–water partition coefficient (Wildman–Crippen LogP) is 4.55. The van der Waals surface area contributed by atoms with E-state index in [1.165, 1.54) is 71.1 Å². The standard InChI is InChI=1S/C19H38N2.H2/c1-5-17(4)7-11-21-12-8-19(9-13-21)14-18(15-19)6-10-20-16(2)3;/h16-18,20H,5-15H2,1-4H3;1H. The Kier molecular flexibility index (Phi) is 6.55. The molecule has 1 saturated heterocycles. The molecule has 1 unspecified atom stereocenters. The minimum absolute atomic E-state index is 0. The smallest absolute Gasteiger partial charge is 0.00103 e. The average Bonchev–Trinajstić information content (AvgIpc) is 2.43. The van der Waals surface area contributed by atoms with Crippen LogP contribution in [0.3, 0.4) is 0 Å². The minimum atomic E-state index is 0. The van der Waals surface area contributed by atoms with Crippen LogP contribution in [0.25, 0.3) is 0 Å². The number of likely N-dealkylation sites (tertiary alicyclic amines) is 1. The summed E-state index contributed by atoms with van der Waals surface area (Å²) in [4.78, 5) is 2.73. The fraction of sp³-hybridized carbons (Fsp3) is 1.00. The van der Waals surface area contributed by atoms with E-state index in [1.807, 2.05) is 0 Å². The lowest BCUT2D eigenvalue weighted by atomic mass is 9.57. The van der Waals surface area contributed by atoms with Crippen molar-refractivity contribution in [3.63, 3.8) is 0 Å². The van der Waals surface area contributed by atoms with Gasteiger partial charge in [0.1, 0.15) is 0 Å². The van der Waals surface area contributed by atoms with Crippen LogP contribution in [0.4, 0.5) is 0 Å². The van der Waals surface area contributed by atoms with Gasteiger partial charge in [-0.2, -0.15) is 0 Å². The van der Waals surface area contributed by atoms with Crippen molar-refractivity contribution >= 4 is 0 Å². The molecule has 2 aliphatic rings. The largest absolute Gasteiger partial charge is 0.315 e. The summed E-state index contributed by atoms with van der Waals surface area (Å²) < 4.78 is 0. The first-order valence-electron chi connectivity index (χ1n) is 9.49. The Labute approximate surface area is 134 Å². The van der Waals surface area contributed by atoms with Crippen LogP contribution in [0.5, 0.6) is 0 Å². The molecule has 21 heavy (non-hydrogen) atoms. The maximum Gasteiger partial charge on any atom is 0.00103 e. The van der Waals surface area contributed by atoms with Gasteiger partial charge in [0.05, 0.1) is 0 Å². The normalized spacial score (nSPS) is 24.4. The summed E-state index contributed by atoms with van der Waals surface area (Å²) in [6, 6.07) is 0.646. The van der Waals surface area contributed by atoms with Crippen molar-refractivity contribution < 1.29 is 1.43 Å². The number of hydrogen-bond donors (Lipinski definition) is 1. The maximum absolute atomic E-state index is 3.57. The van der Waals surface area contributed by atoms with E-state index < -0.39 is 0 Å². The third-order valence-electron chi connectivity index (χ3n) is 6.10. The van der Waals surface area contributed by atoms with E-state index in [1.54, 1.807) is 0 Å². The van der Waals surface area contributed by atoms with Crippen molar-refractivity contribution in [2.75, 3.05) is 26.2 Å². The molecular weight excluding hydrogens is 256 g/mol. The van der Waals surface area contributed by atoms with Gasteiger partial charge < -0.3 is 10.2 Å². The lowest BCUT2D eigenvalue weighted by Gasteiger charge is -2.52. The fourth-order valence-electron chi connectivity index (χ4n) is 4.21. The fourth-order valence-corrected chi connectivity index (χ4v) is 4.21. The summed E-state index contributed by atoms with van der Waals surface area (Å²) in [7, 11) is 0. The lowest BCUT2D eigenvalue weighted by Crippen LogP contribution is -2.47. The molecule has 1 aliphatic heterocycles. The van der Waals surface area contributed by atoms with Crippen LogP contribution >= 0.6 is 0 Å². The van der Waals surface area contributed by atoms with E-state index in [2.05, 4.69) is 37.9 Å². The third kappa shape index (κ3) is 5.25. The van der Waals surface area contributed by atoms with Crippen molar-refractivity contribution in [3.8, 4) is 0 Å². The highest BCUT2D eigenvalue weighted by molar-refractivity contribution is 4.97. The minimum Gasteiger partial charge on any atom is -0.315 e. The van der Waals surface area contributed by atoms with Gasteiger partial charge in [0, 0.05) is 7.47 Å². The SMILES string of the molecule is CCC(C)CCN1CCC2(CC1)CC(CCNC(C)C)C2.[HH]. The molecule has 126 valence electrons. The number of piperidine rings is 1. The first kappa shape index (κ1) is 17.3. The Morgan fingerprint density at radius 3 is 2.43 bits per heavy atom. The molecule has 0 aromatic heterocycles. The van der Waals surface area contributed by atoms with Gasteiger partial charge in [0.25, 0.3) is 0 Å². The van der Waals surface area contributed by atoms with Gasteiger partial charge in [-0.15, -0.1) is 0 Å². The van der Waals surface area contributed by atoms with Gasteiger partial charge >= 0.3 is 0 Å². The van der Waals surface area contributed by atoms with Crippen LogP contribution < -0.4 is 5.32 Å². The van der Waals surface area contributed by atoms with E-state index in [0.29, 0.717) is 6.04 Å². The second-order valence-electron chi connectivity index (χ2n) is 8.32. The highest BCUT2D eigenvalue weighted by Gasteiger charge is 2.44. The summed E-state index contributed by atoms with van der Waals surface area (Å²) in [6.45, 7) is 14.5. The molecule has 1 spiro atoms. The van der Waals surface area contributed by atoms with Crippen molar-refractivity contribution in [2.45, 2.75) is 78.7 Å². The van der Waals surface area contributed by atoms with Crippen molar-refractivity contribution in [2.24, 2.45) is 17.3 Å². The van der Waals surface area contributed by atoms with E-state index in [-0.39, 0.29) is 1.43 Å². The molecule has 2 fully saturated rings. The van der Waals surface area contributed by atoms with Gasteiger partial charge in [-0.25, -0.2) is 0 Å². The van der Waals surface area contributed by atoms with E-state index >= 15 is 0 Å². The number of nitrogens with zero attached hydrogens (tertiary/aromatic N) is 1. The monoisotopic (exact) mass is 296 g/mol. The van der Waals surface area contributed by atoms with Crippen molar-refractivity contribution in [1.82, 2.24) is 10.2 Å². The topological polar surface area (TPSA) is 15.3 Å². The summed E-state index contributed by atoms with van der Waals surface area (Å²) in [6.07, 6.45) is 10.1.